The summed E-state index contributed by atoms with van der Waals surface area (Å²) in [5, 5.41) is 0. The van der Waals surface area contributed by atoms with Gasteiger partial charge in [-0.2, -0.15) is 0 Å². The minimum Gasteiger partial charge on any atom is -0.454 e. The van der Waals surface area contributed by atoms with Gasteiger partial charge in [0, 0.05) is 11.6 Å². The van der Waals surface area contributed by atoms with E-state index < -0.39 is 35.6 Å². The van der Waals surface area contributed by atoms with Crippen molar-refractivity contribution in [1.29, 1.82) is 0 Å². The molecule has 2 aromatic rings. The van der Waals surface area contributed by atoms with Crippen LogP contribution in [0.5, 0.6) is 11.5 Å². The van der Waals surface area contributed by atoms with Gasteiger partial charge in [0.15, 0.2) is 23.9 Å². The molecule has 0 saturated carbocycles. The van der Waals surface area contributed by atoms with Crippen LogP contribution in [0, 0.1) is 11.6 Å². The summed E-state index contributed by atoms with van der Waals surface area (Å²) in [4.78, 5) is 23.7. The fourth-order valence-corrected chi connectivity index (χ4v) is 2.02. The van der Waals surface area contributed by atoms with Gasteiger partial charge in [-0.25, -0.2) is 13.6 Å². The largest absolute Gasteiger partial charge is 0.454 e. The summed E-state index contributed by atoms with van der Waals surface area (Å²) in [5.74, 6) is -2.45. The summed E-state index contributed by atoms with van der Waals surface area (Å²) in [6.45, 7) is -0.499. The van der Waals surface area contributed by atoms with E-state index in [4.69, 9.17) is 14.2 Å². The van der Waals surface area contributed by atoms with Gasteiger partial charge in [-0.15, -0.1) is 0 Å². The van der Waals surface area contributed by atoms with Gasteiger partial charge < -0.3 is 14.2 Å². The Morgan fingerprint density at radius 2 is 1.83 bits per heavy atom. The van der Waals surface area contributed by atoms with Crippen molar-refractivity contribution in [3.8, 4) is 11.5 Å². The number of esters is 1. The van der Waals surface area contributed by atoms with Crippen LogP contribution in [0.1, 0.15) is 20.7 Å². The number of rotatable bonds is 4. The molecule has 0 spiro atoms. The first-order chi connectivity index (χ1) is 11.0. The average molecular weight is 320 g/mol. The van der Waals surface area contributed by atoms with Gasteiger partial charge in [-0.1, -0.05) is 0 Å². The van der Waals surface area contributed by atoms with Crippen LogP contribution in [0.25, 0.3) is 0 Å². The molecule has 3 rings (SSSR count). The van der Waals surface area contributed by atoms with Crippen molar-refractivity contribution in [3.63, 3.8) is 0 Å². The van der Waals surface area contributed by atoms with Crippen molar-refractivity contribution < 1.29 is 32.6 Å². The minimum absolute atomic E-state index is 0.0752. The van der Waals surface area contributed by atoms with Gasteiger partial charge in [0.25, 0.3) is 0 Å². The molecule has 1 heterocycles. The molecule has 0 bridgehead atoms. The Morgan fingerprint density at radius 1 is 1.04 bits per heavy atom. The van der Waals surface area contributed by atoms with Gasteiger partial charge in [-0.3, -0.25) is 4.79 Å². The van der Waals surface area contributed by atoms with Gasteiger partial charge in [-0.05, 0) is 30.3 Å². The molecule has 7 heteroatoms. The molecule has 0 aliphatic carbocycles. The highest BCUT2D eigenvalue weighted by molar-refractivity contribution is 5.99. The molecule has 23 heavy (non-hydrogen) atoms. The predicted octanol–water partition coefficient (Wildman–Crippen LogP) is 2.73. The van der Waals surface area contributed by atoms with E-state index in [1.54, 1.807) is 6.07 Å². The first kappa shape index (κ1) is 15.0. The highest BCUT2D eigenvalue weighted by Gasteiger charge is 2.19. The third-order valence-electron chi connectivity index (χ3n) is 3.18. The summed E-state index contributed by atoms with van der Waals surface area (Å²) in [5.41, 5.74) is -0.175. The second-order valence-electron chi connectivity index (χ2n) is 4.69. The number of fused-ring (bicyclic) bond motifs is 1. The quantitative estimate of drug-likeness (QED) is 0.640. The number of carbonyl (C=O) groups is 2. The van der Waals surface area contributed by atoms with Crippen molar-refractivity contribution in [2.75, 3.05) is 13.4 Å². The zero-order valence-corrected chi connectivity index (χ0v) is 11.7. The van der Waals surface area contributed by atoms with E-state index in [-0.39, 0.29) is 12.4 Å². The molecular weight excluding hydrogens is 310 g/mol. The molecule has 0 amide bonds. The monoisotopic (exact) mass is 320 g/mol. The number of hydrogen-bond acceptors (Lipinski definition) is 5. The molecule has 0 saturated heterocycles. The first-order valence-electron chi connectivity index (χ1n) is 6.59. The molecule has 1 aliphatic rings. The molecule has 1 aliphatic heterocycles. The van der Waals surface area contributed by atoms with Crippen LogP contribution in [0.4, 0.5) is 8.78 Å². The first-order valence-corrected chi connectivity index (χ1v) is 6.59. The van der Waals surface area contributed by atoms with E-state index in [0.29, 0.717) is 17.6 Å². The van der Waals surface area contributed by atoms with Crippen molar-refractivity contribution in [1.82, 2.24) is 0 Å². The molecule has 0 atom stereocenters. The summed E-state index contributed by atoms with van der Waals surface area (Å²) in [7, 11) is 0. The number of carbonyl (C=O) groups excluding carboxylic acids is 2. The second-order valence-corrected chi connectivity index (χ2v) is 4.69. The lowest BCUT2D eigenvalue weighted by Gasteiger charge is -2.06. The van der Waals surface area contributed by atoms with Crippen LogP contribution in [-0.4, -0.2) is 25.2 Å². The Balaban J connectivity index is 1.65. The summed E-state index contributed by atoms with van der Waals surface area (Å²) >= 11 is 0. The van der Waals surface area contributed by atoms with Crippen LogP contribution in [-0.2, 0) is 4.74 Å². The average Bonchev–Trinajstić information content (AvgIpc) is 2.99. The number of halogens is 2. The topological polar surface area (TPSA) is 61.8 Å². The zero-order valence-electron chi connectivity index (χ0n) is 11.7. The van der Waals surface area contributed by atoms with Gasteiger partial charge in [0.1, 0.15) is 11.6 Å². The van der Waals surface area contributed by atoms with Crippen LogP contribution in [0.2, 0.25) is 0 Å². The lowest BCUT2D eigenvalue weighted by atomic mass is 10.1. The van der Waals surface area contributed by atoms with E-state index in [2.05, 4.69) is 0 Å². The molecule has 0 aromatic heterocycles. The van der Waals surface area contributed by atoms with E-state index in [1.807, 2.05) is 0 Å². The normalized spacial score (nSPS) is 12.1. The predicted molar refractivity (Wildman–Crippen MR) is 73.5 cm³/mol. The SMILES string of the molecule is O=C(COC(=O)c1ccc(F)cc1F)c1ccc2c(c1)OCO2. The van der Waals surface area contributed by atoms with Gasteiger partial charge in [0.2, 0.25) is 6.79 Å². The van der Waals surface area contributed by atoms with Gasteiger partial charge in [0.05, 0.1) is 5.56 Å². The lowest BCUT2D eigenvalue weighted by Crippen LogP contribution is -2.15. The maximum Gasteiger partial charge on any atom is 0.341 e. The third kappa shape index (κ3) is 3.13. The van der Waals surface area contributed by atoms with Crippen molar-refractivity contribution in [3.05, 3.63) is 59.2 Å². The Bertz CT molecular complexity index is 788. The number of benzene rings is 2. The summed E-state index contributed by atoms with van der Waals surface area (Å²) < 4.78 is 41.3. The second kappa shape index (κ2) is 6.04. The highest BCUT2D eigenvalue weighted by Crippen LogP contribution is 2.32. The zero-order chi connectivity index (χ0) is 16.4. The van der Waals surface area contributed by atoms with E-state index in [9.17, 15) is 18.4 Å². The fourth-order valence-electron chi connectivity index (χ4n) is 2.02. The maximum atomic E-state index is 13.4. The lowest BCUT2D eigenvalue weighted by molar-refractivity contribution is 0.0470. The van der Waals surface area contributed by atoms with Crippen LogP contribution < -0.4 is 9.47 Å². The Hall–Kier alpha value is -2.96. The molecule has 0 unspecified atom stereocenters. The molecule has 0 radical (unpaired) electrons. The molecule has 0 N–H and O–H groups in total. The number of hydrogen-bond donors (Lipinski definition) is 0. The Kier molecular flexibility index (Phi) is 3.92. The van der Waals surface area contributed by atoms with E-state index in [1.165, 1.54) is 12.1 Å². The number of Topliss-reactive ketones (excluding diaryl/α,β-unsaturated/α-hetero) is 1. The number of ketones is 1. The molecule has 5 nitrogen and oxygen atoms in total. The summed E-state index contributed by atoms with van der Waals surface area (Å²) in [6.07, 6.45) is 0. The van der Waals surface area contributed by atoms with Crippen molar-refractivity contribution >= 4 is 11.8 Å². The maximum absolute atomic E-state index is 13.4. The van der Waals surface area contributed by atoms with Gasteiger partial charge >= 0.3 is 5.97 Å². The van der Waals surface area contributed by atoms with Crippen LogP contribution in [0.3, 0.4) is 0 Å². The van der Waals surface area contributed by atoms with Crippen molar-refractivity contribution in [2.24, 2.45) is 0 Å². The van der Waals surface area contributed by atoms with E-state index >= 15 is 0 Å². The van der Waals surface area contributed by atoms with Crippen molar-refractivity contribution in [2.45, 2.75) is 0 Å². The molecular formula is C16H10F2O5. The van der Waals surface area contributed by atoms with E-state index in [0.717, 1.165) is 12.1 Å². The third-order valence-corrected chi connectivity index (χ3v) is 3.18. The highest BCUT2D eigenvalue weighted by atomic mass is 19.1. The number of ether oxygens (including phenoxy) is 3. The smallest absolute Gasteiger partial charge is 0.341 e. The fraction of sp³-hybridized carbons (Fsp3) is 0.125. The standard InChI is InChI=1S/C16H10F2O5/c17-10-2-3-11(12(18)6-10)16(20)21-7-13(19)9-1-4-14-15(5-9)23-8-22-14/h1-6H,7-8H2. The molecule has 2 aromatic carbocycles. The Morgan fingerprint density at radius 3 is 2.61 bits per heavy atom. The minimum atomic E-state index is -1.05. The molecule has 0 fully saturated rings. The van der Waals surface area contributed by atoms with Crippen LogP contribution in [0.15, 0.2) is 36.4 Å². The molecule has 118 valence electrons. The Labute approximate surface area is 129 Å². The van der Waals surface area contributed by atoms with Crippen LogP contribution >= 0.6 is 0 Å². The summed E-state index contributed by atoms with van der Waals surface area (Å²) in [6, 6.07) is 6.99.